The molecule has 2 heterocycles. The molecule has 0 spiro atoms. The second-order valence-electron chi connectivity index (χ2n) is 8.39. The maximum Gasteiger partial charge on any atom is 0.325 e. The smallest absolute Gasteiger partial charge is 0.325 e. The van der Waals surface area contributed by atoms with Gasteiger partial charge in [0.05, 0.1) is 0 Å². The first-order chi connectivity index (χ1) is 13.9. The summed E-state index contributed by atoms with van der Waals surface area (Å²) in [6, 6.07) is 8.55. The van der Waals surface area contributed by atoms with Crippen molar-refractivity contribution in [3.05, 3.63) is 35.9 Å². The predicted octanol–water partition coefficient (Wildman–Crippen LogP) is 2.08. The van der Waals surface area contributed by atoms with E-state index in [1.807, 2.05) is 18.2 Å². The zero-order chi connectivity index (χ0) is 20.9. The van der Waals surface area contributed by atoms with Gasteiger partial charge in [-0.15, -0.1) is 0 Å². The lowest BCUT2D eigenvalue weighted by atomic mass is 9.92. The summed E-state index contributed by atoms with van der Waals surface area (Å²) < 4.78 is 0. The van der Waals surface area contributed by atoms with Crippen molar-refractivity contribution in [1.29, 1.82) is 0 Å². The van der Waals surface area contributed by atoms with Gasteiger partial charge in [0.2, 0.25) is 5.91 Å². The summed E-state index contributed by atoms with van der Waals surface area (Å²) in [5.41, 5.74) is -0.432. The Bertz CT molecular complexity index is 731. The molecule has 0 saturated carbocycles. The Morgan fingerprint density at radius 3 is 2.55 bits per heavy atom. The molecule has 2 fully saturated rings. The van der Waals surface area contributed by atoms with Crippen LogP contribution in [0.3, 0.4) is 0 Å². The Hall–Kier alpha value is -2.41. The summed E-state index contributed by atoms with van der Waals surface area (Å²) in [6.45, 7) is 7.67. The van der Waals surface area contributed by atoms with Crippen molar-refractivity contribution in [3.8, 4) is 0 Å². The number of urea groups is 1. The number of rotatable bonds is 8. The number of benzene rings is 1. The molecule has 0 radical (unpaired) electrons. The lowest BCUT2D eigenvalue weighted by Crippen LogP contribution is -2.43. The van der Waals surface area contributed by atoms with E-state index >= 15 is 0 Å². The molecule has 3 rings (SSSR count). The molecule has 2 aliphatic rings. The van der Waals surface area contributed by atoms with Crippen LogP contribution in [0.2, 0.25) is 0 Å². The molecule has 2 N–H and O–H groups in total. The quantitative estimate of drug-likeness (QED) is 0.517. The largest absolute Gasteiger partial charge is 0.355 e. The highest BCUT2D eigenvalue weighted by molar-refractivity contribution is 6.09. The predicted molar refractivity (Wildman–Crippen MR) is 111 cm³/mol. The van der Waals surface area contributed by atoms with Gasteiger partial charge in [-0.3, -0.25) is 14.5 Å². The number of hydrogen-bond acceptors (Lipinski definition) is 4. The molecule has 0 aromatic heterocycles. The summed E-state index contributed by atoms with van der Waals surface area (Å²) >= 11 is 0. The highest BCUT2D eigenvalue weighted by Gasteiger charge is 2.49. The van der Waals surface area contributed by atoms with E-state index in [1.54, 1.807) is 19.1 Å². The number of likely N-dealkylation sites (tertiary alicyclic amines) is 1. The summed E-state index contributed by atoms with van der Waals surface area (Å²) in [5, 5.41) is 5.55. The number of piperidine rings is 1. The molecular weight excluding hydrogens is 368 g/mol. The van der Waals surface area contributed by atoms with E-state index in [0.29, 0.717) is 12.1 Å². The normalized spacial score (nSPS) is 23.3. The second-order valence-corrected chi connectivity index (χ2v) is 8.39. The van der Waals surface area contributed by atoms with Crippen molar-refractivity contribution in [3.63, 3.8) is 0 Å². The summed E-state index contributed by atoms with van der Waals surface area (Å²) in [5.74, 6) is 0.126. The van der Waals surface area contributed by atoms with Crippen molar-refractivity contribution >= 4 is 17.8 Å². The molecule has 4 amide bonds. The fraction of sp³-hybridized carbons (Fsp3) is 0.591. The van der Waals surface area contributed by atoms with E-state index in [2.05, 4.69) is 22.5 Å². The third-order valence-corrected chi connectivity index (χ3v) is 6.03. The Morgan fingerprint density at radius 2 is 1.86 bits per heavy atom. The standard InChI is InChI=1S/C22H32N4O3/c1-17-10-14-25(15-11-17)13-7-6-12-23-19(27)16-26-20(28)22(2,24-21(26)29)18-8-4-3-5-9-18/h3-5,8-9,17H,6-7,10-16H2,1-2H3,(H,23,27)(H,24,29). The average Bonchev–Trinajstić information content (AvgIpc) is 2.94. The zero-order valence-corrected chi connectivity index (χ0v) is 17.4. The third-order valence-electron chi connectivity index (χ3n) is 6.03. The third kappa shape index (κ3) is 5.15. The highest BCUT2D eigenvalue weighted by atomic mass is 16.2. The van der Waals surface area contributed by atoms with Crippen molar-refractivity contribution < 1.29 is 14.4 Å². The van der Waals surface area contributed by atoms with Gasteiger partial charge < -0.3 is 15.5 Å². The topological polar surface area (TPSA) is 81.8 Å². The molecule has 2 aliphatic heterocycles. The Labute approximate surface area is 172 Å². The summed E-state index contributed by atoms with van der Waals surface area (Å²) in [7, 11) is 0. The minimum atomic E-state index is -1.13. The first-order valence-corrected chi connectivity index (χ1v) is 10.6. The number of hydrogen-bond donors (Lipinski definition) is 2. The van der Waals surface area contributed by atoms with Gasteiger partial charge in [0.1, 0.15) is 12.1 Å². The van der Waals surface area contributed by atoms with Gasteiger partial charge >= 0.3 is 6.03 Å². The number of nitrogens with one attached hydrogen (secondary N) is 2. The average molecular weight is 401 g/mol. The van der Waals surface area contributed by atoms with Crippen LogP contribution < -0.4 is 10.6 Å². The Balaban J connectivity index is 1.40. The van der Waals surface area contributed by atoms with Gasteiger partial charge in [0, 0.05) is 6.54 Å². The van der Waals surface area contributed by atoms with E-state index in [4.69, 9.17) is 0 Å². The van der Waals surface area contributed by atoms with Crippen LogP contribution in [-0.2, 0) is 15.1 Å². The number of amides is 4. The lowest BCUT2D eigenvalue weighted by molar-refractivity contribution is -0.134. The Kier molecular flexibility index (Phi) is 6.90. The van der Waals surface area contributed by atoms with Crippen LogP contribution in [0.25, 0.3) is 0 Å². The van der Waals surface area contributed by atoms with Crippen molar-refractivity contribution in [2.24, 2.45) is 5.92 Å². The SMILES string of the molecule is CC1CCN(CCCCNC(=O)CN2C(=O)NC(C)(c3ccccc3)C2=O)CC1. The van der Waals surface area contributed by atoms with Crippen LogP contribution >= 0.6 is 0 Å². The van der Waals surface area contributed by atoms with Crippen LogP contribution in [0, 0.1) is 5.92 Å². The van der Waals surface area contributed by atoms with Crippen LogP contribution in [-0.4, -0.2) is 60.4 Å². The van der Waals surface area contributed by atoms with Crippen LogP contribution in [0.1, 0.15) is 45.1 Å². The number of imide groups is 1. The molecule has 1 atom stereocenters. The lowest BCUT2D eigenvalue weighted by Gasteiger charge is -2.30. The van der Waals surface area contributed by atoms with E-state index in [9.17, 15) is 14.4 Å². The van der Waals surface area contributed by atoms with Crippen LogP contribution in [0.5, 0.6) is 0 Å². The van der Waals surface area contributed by atoms with Crippen molar-refractivity contribution in [2.75, 3.05) is 32.7 Å². The van der Waals surface area contributed by atoms with E-state index < -0.39 is 17.5 Å². The molecule has 7 heteroatoms. The molecule has 1 aromatic rings. The van der Waals surface area contributed by atoms with Crippen LogP contribution in [0.4, 0.5) is 4.79 Å². The first kappa shape index (κ1) is 21.3. The summed E-state index contributed by atoms with van der Waals surface area (Å²) in [4.78, 5) is 40.8. The maximum atomic E-state index is 12.8. The number of nitrogens with zero attached hydrogens (tertiary/aromatic N) is 2. The molecule has 158 valence electrons. The molecule has 7 nitrogen and oxygen atoms in total. The molecular formula is C22H32N4O3. The highest BCUT2D eigenvalue weighted by Crippen LogP contribution is 2.28. The minimum Gasteiger partial charge on any atom is -0.355 e. The maximum absolute atomic E-state index is 12.8. The van der Waals surface area contributed by atoms with Gasteiger partial charge in [-0.1, -0.05) is 37.3 Å². The number of carbonyl (C=O) groups excluding carboxylic acids is 3. The van der Waals surface area contributed by atoms with Gasteiger partial charge in [-0.25, -0.2) is 4.79 Å². The first-order valence-electron chi connectivity index (χ1n) is 10.6. The van der Waals surface area contributed by atoms with Gasteiger partial charge in [0.25, 0.3) is 5.91 Å². The molecule has 1 unspecified atom stereocenters. The number of unbranched alkanes of at least 4 members (excludes halogenated alkanes) is 1. The molecule has 29 heavy (non-hydrogen) atoms. The van der Waals surface area contributed by atoms with Gasteiger partial charge in [-0.2, -0.15) is 0 Å². The fourth-order valence-electron chi connectivity index (χ4n) is 3.98. The van der Waals surface area contributed by atoms with Crippen molar-refractivity contribution in [2.45, 2.75) is 45.1 Å². The molecule has 0 bridgehead atoms. The fourth-order valence-corrected chi connectivity index (χ4v) is 3.98. The second kappa shape index (κ2) is 9.39. The Morgan fingerprint density at radius 1 is 1.17 bits per heavy atom. The monoisotopic (exact) mass is 400 g/mol. The van der Waals surface area contributed by atoms with Crippen molar-refractivity contribution in [1.82, 2.24) is 20.4 Å². The van der Waals surface area contributed by atoms with E-state index in [-0.39, 0.29) is 12.5 Å². The number of carbonyl (C=O) groups is 3. The minimum absolute atomic E-state index is 0.253. The van der Waals surface area contributed by atoms with Gasteiger partial charge in [-0.05, 0) is 63.7 Å². The summed E-state index contributed by atoms with van der Waals surface area (Å²) in [6.07, 6.45) is 4.46. The van der Waals surface area contributed by atoms with E-state index in [1.165, 1.54) is 25.9 Å². The molecule has 2 saturated heterocycles. The van der Waals surface area contributed by atoms with Gasteiger partial charge in [0.15, 0.2) is 0 Å². The molecule has 1 aromatic carbocycles. The van der Waals surface area contributed by atoms with Crippen LogP contribution in [0.15, 0.2) is 30.3 Å². The van der Waals surface area contributed by atoms with E-state index in [0.717, 1.165) is 30.2 Å². The zero-order valence-electron chi connectivity index (χ0n) is 17.4. The molecule has 0 aliphatic carbocycles.